The molecule has 7 heteroatoms. The third-order valence-electron chi connectivity index (χ3n) is 4.05. The van der Waals surface area contributed by atoms with Crippen molar-refractivity contribution in [3.8, 4) is 0 Å². The topological polar surface area (TPSA) is 83.6 Å². The van der Waals surface area contributed by atoms with Gasteiger partial charge < -0.3 is 9.63 Å². The Hall–Kier alpha value is -0.920. The first-order valence-electron chi connectivity index (χ1n) is 7.08. The van der Waals surface area contributed by atoms with Crippen LogP contribution in [0, 0.1) is 0 Å². The van der Waals surface area contributed by atoms with Gasteiger partial charge in [0.1, 0.15) is 0 Å². The highest BCUT2D eigenvalue weighted by atomic mass is 32.2. The van der Waals surface area contributed by atoms with Crippen molar-refractivity contribution in [1.29, 1.82) is 0 Å². The standard InChI is InChI=1S/C13H20N2O4S/c16-5-3-11-9-20(17,18)6-4-15(11)8-12-7-13(14-19-12)10-1-2-10/h7,10-11,16H,1-6,8-9H2. The van der Waals surface area contributed by atoms with Crippen molar-refractivity contribution >= 4 is 9.84 Å². The number of aromatic nitrogens is 1. The molecule has 1 atom stereocenters. The van der Waals surface area contributed by atoms with Crippen molar-refractivity contribution in [2.75, 3.05) is 24.7 Å². The molecule has 112 valence electrons. The maximum absolute atomic E-state index is 11.7. The molecule has 0 bridgehead atoms. The van der Waals surface area contributed by atoms with E-state index in [1.54, 1.807) is 0 Å². The summed E-state index contributed by atoms with van der Waals surface area (Å²) in [5.74, 6) is 1.65. The Morgan fingerprint density at radius 1 is 1.45 bits per heavy atom. The number of aliphatic hydroxyl groups is 1. The van der Waals surface area contributed by atoms with Crippen molar-refractivity contribution in [2.24, 2.45) is 0 Å². The largest absolute Gasteiger partial charge is 0.396 e. The number of rotatable bonds is 5. The SMILES string of the molecule is O=S1(=O)CCN(Cc2cc(C3CC3)no2)C(CCO)C1. The molecule has 1 unspecified atom stereocenters. The molecule has 2 aliphatic rings. The lowest BCUT2D eigenvalue weighted by atomic mass is 10.2. The average Bonchev–Trinajstić information content (AvgIpc) is 3.13. The fraction of sp³-hybridized carbons (Fsp3) is 0.769. The van der Waals surface area contributed by atoms with Gasteiger partial charge in [-0.25, -0.2) is 8.42 Å². The first-order valence-corrected chi connectivity index (χ1v) is 8.90. The maximum Gasteiger partial charge on any atom is 0.153 e. The molecule has 0 aromatic carbocycles. The fourth-order valence-electron chi connectivity index (χ4n) is 2.72. The Morgan fingerprint density at radius 3 is 2.95 bits per heavy atom. The van der Waals surface area contributed by atoms with Gasteiger partial charge in [0, 0.05) is 31.2 Å². The van der Waals surface area contributed by atoms with Gasteiger partial charge in [-0.3, -0.25) is 4.90 Å². The van der Waals surface area contributed by atoms with Gasteiger partial charge in [-0.2, -0.15) is 0 Å². The van der Waals surface area contributed by atoms with Gasteiger partial charge in [0.15, 0.2) is 15.6 Å². The molecule has 1 aliphatic heterocycles. The summed E-state index contributed by atoms with van der Waals surface area (Å²) in [5.41, 5.74) is 1.02. The van der Waals surface area contributed by atoms with E-state index >= 15 is 0 Å². The van der Waals surface area contributed by atoms with E-state index in [2.05, 4.69) is 10.1 Å². The summed E-state index contributed by atoms with van der Waals surface area (Å²) in [7, 11) is -2.98. The van der Waals surface area contributed by atoms with Crippen LogP contribution in [0.25, 0.3) is 0 Å². The van der Waals surface area contributed by atoms with Crippen molar-refractivity contribution in [3.63, 3.8) is 0 Å². The van der Waals surface area contributed by atoms with Crippen molar-refractivity contribution in [1.82, 2.24) is 10.1 Å². The summed E-state index contributed by atoms with van der Waals surface area (Å²) in [6.07, 6.45) is 2.84. The third kappa shape index (κ3) is 3.21. The van der Waals surface area contributed by atoms with E-state index in [1.807, 2.05) is 6.07 Å². The van der Waals surface area contributed by atoms with E-state index in [0.717, 1.165) is 11.5 Å². The molecular formula is C13H20N2O4S. The number of nitrogens with zero attached hydrogens (tertiary/aromatic N) is 2. The number of hydrogen-bond donors (Lipinski definition) is 1. The highest BCUT2D eigenvalue weighted by Gasteiger charge is 2.32. The molecule has 1 N–H and O–H groups in total. The number of hydrogen-bond acceptors (Lipinski definition) is 6. The third-order valence-corrected chi connectivity index (χ3v) is 5.74. The second-order valence-electron chi connectivity index (χ2n) is 5.74. The molecule has 1 saturated heterocycles. The van der Waals surface area contributed by atoms with E-state index in [-0.39, 0.29) is 24.2 Å². The van der Waals surface area contributed by atoms with Gasteiger partial charge in [0.05, 0.1) is 23.7 Å². The van der Waals surface area contributed by atoms with E-state index in [4.69, 9.17) is 9.63 Å². The van der Waals surface area contributed by atoms with E-state index < -0.39 is 9.84 Å². The molecule has 2 heterocycles. The summed E-state index contributed by atoms with van der Waals surface area (Å²) in [5, 5.41) is 13.2. The molecule has 3 rings (SSSR count). The van der Waals surface area contributed by atoms with E-state index in [1.165, 1.54) is 12.8 Å². The van der Waals surface area contributed by atoms with Crippen LogP contribution in [0.4, 0.5) is 0 Å². The molecule has 1 aliphatic carbocycles. The number of aliphatic hydroxyl groups excluding tert-OH is 1. The Labute approximate surface area is 118 Å². The molecule has 0 amide bonds. The minimum Gasteiger partial charge on any atom is -0.396 e. The molecule has 20 heavy (non-hydrogen) atoms. The molecule has 0 radical (unpaired) electrons. The van der Waals surface area contributed by atoms with Crippen LogP contribution in [-0.4, -0.2) is 54.3 Å². The first-order chi connectivity index (χ1) is 9.57. The van der Waals surface area contributed by atoms with Crippen LogP contribution in [0.5, 0.6) is 0 Å². The van der Waals surface area contributed by atoms with Gasteiger partial charge in [-0.1, -0.05) is 5.16 Å². The molecule has 1 aromatic heterocycles. The Kier molecular flexibility index (Phi) is 3.83. The highest BCUT2D eigenvalue weighted by Crippen LogP contribution is 2.39. The van der Waals surface area contributed by atoms with Gasteiger partial charge >= 0.3 is 0 Å². The van der Waals surface area contributed by atoms with Gasteiger partial charge in [0.2, 0.25) is 0 Å². The lowest BCUT2D eigenvalue weighted by Crippen LogP contribution is -2.48. The summed E-state index contributed by atoms with van der Waals surface area (Å²) in [4.78, 5) is 2.08. The summed E-state index contributed by atoms with van der Waals surface area (Å²) >= 11 is 0. The average molecular weight is 300 g/mol. The second-order valence-corrected chi connectivity index (χ2v) is 7.97. The molecule has 6 nitrogen and oxygen atoms in total. The van der Waals surface area contributed by atoms with Crippen LogP contribution in [0.1, 0.15) is 36.6 Å². The molecule has 1 saturated carbocycles. The summed E-state index contributed by atoms with van der Waals surface area (Å²) < 4.78 is 28.7. The molecule has 1 aromatic rings. The predicted octanol–water partition coefficient (Wildman–Crippen LogP) is 0.533. The lowest BCUT2D eigenvalue weighted by molar-refractivity contribution is 0.150. The van der Waals surface area contributed by atoms with Crippen molar-refractivity contribution in [2.45, 2.75) is 37.8 Å². The Morgan fingerprint density at radius 2 is 2.25 bits per heavy atom. The zero-order valence-corrected chi connectivity index (χ0v) is 12.2. The second kappa shape index (κ2) is 5.46. The van der Waals surface area contributed by atoms with Crippen molar-refractivity contribution in [3.05, 3.63) is 17.5 Å². The van der Waals surface area contributed by atoms with Crippen LogP contribution < -0.4 is 0 Å². The van der Waals surface area contributed by atoms with Crippen LogP contribution >= 0.6 is 0 Å². The van der Waals surface area contributed by atoms with Gasteiger partial charge in [-0.05, 0) is 19.3 Å². The zero-order chi connectivity index (χ0) is 14.2. The normalized spacial score (nSPS) is 26.8. The van der Waals surface area contributed by atoms with Gasteiger partial charge in [0.25, 0.3) is 0 Å². The van der Waals surface area contributed by atoms with Crippen LogP contribution in [0.3, 0.4) is 0 Å². The fourth-order valence-corrected chi connectivity index (χ4v) is 4.36. The lowest BCUT2D eigenvalue weighted by Gasteiger charge is -2.34. The van der Waals surface area contributed by atoms with E-state index in [0.29, 0.717) is 25.4 Å². The minimum atomic E-state index is -2.98. The van der Waals surface area contributed by atoms with Gasteiger partial charge in [-0.15, -0.1) is 0 Å². The van der Waals surface area contributed by atoms with Crippen molar-refractivity contribution < 1.29 is 18.0 Å². The Bertz CT molecular complexity index is 565. The minimum absolute atomic E-state index is 0.000412. The highest BCUT2D eigenvalue weighted by molar-refractivity contribution is 7.91. The van der Waals surface area contributed by atoms with Crippen LogP contribution in [0.2, 0.25) is 0 Å². The van der Waals surface area contributed by atoms with Crippen LogP contribution in [0.15, 0.2) is 10.6 Å². The predicted molar refractivity (Wildman–Crippen MR) is 73.0 cm³/mol. The van der Waals surface area contributed by atoms with E-state index in [9.17, 15) is 8.42 Å². The maximum atomic E-state index is 11.7. The molecule has 2 fully saturated rings. The van der Waals surface area contributed by atoms with Crippen LogP contribution in [-0.2, 0) is 16.4 Å². The molecular weight excluding hydrogens is 280 g/mol. The number of sulfone groups is 1. The first kappa shape index (κ1) is 14.0. The quantitative estimate of drug-likeness (QED) is 0.854. The zero-order valence-electron chi connectivity index (χ0n) is 11.4. The Balaban J connectivity index is 1.67. The smallest absolute Gasteiger partial charge is 0.153 e. The summed E-state index contributed by atoms with van der Waals surface area (Å²) in [6, 6.07) is 1.85. The molecule has 0 spiro atoms. The monoisotopic (exact) mass is 300 g/mol. The summed E-state index contributed by atoms with van der Waals surface area (Å²) in [6.45, 7) is 1.06.